The fourth-order valence-electron chi connectivity index (χ4n) is 4.46. The van der Waals surface area contributed by atoms with Gasteiger partial charge in [0.25, 0.3) is 0 Å². The standard InChI is InChI=1S/C17H32N2O/c18-15-5-7-16(8-6-15)20-12-11-19-13-17(14-19)9-3-1-2-4-10-17/h15-16H,1-14,18H2. The number of rotatable bonds is 4. The Morgan fingerprint density at radius 1 is 0.950 bits per heavy atom. The van der Waals surface area contributed by atoms with E-state index in [9.17, 15) is 0 Å². The van der Waals surface area contributed by atoms with Crippen LogP contribution in [0.4, 0.5) is 0 Å². The lowest BCUT2D eigenvalue weighted by Gasteiger charge is -2.50. The maximum Gasteiger partial charge on any atom is 0.0597 e. The first kappa shape index (κ1) is 14.8. The maximum absolute atomic E-state index is 6.04. The van der Waals surface area contributed by atoms with E-state index < -0.39 is 0 Å². The lowest BCUT2D eigenvalue weighted by Crippen LogP contribution is -2.56. The summed E-state index contributed by atoms with van der Waals surface area (Å²) in [6, 6.07) is 0.431. The van der Waals surface area contributed by atoms with Crippen LogP contribution >= 0.6 is 0 Å². The molecular formula is C17H32N2O. The van der Waals surface area contributed by atoms with E-state index in [-0.39, 0.29) is 0 Å². The Kier molecular flexibility index (Phi) is 5.00. The summed E-state index contributed by atoms with van der Waals surface area (Å²) in [5, 5.41) is 0. The monoisotopic (exact) mass is 280 g/mol. The molecule has 20 heavy (non-hydrogen) atoms. The topological polar surface area (TPSA) is 38.5 Å². The van der Waals surface area contributed by atoms with Gasteiger partial charge >= 0.3 is 0 Å². The summed E-state index contributed by atoms with van der Waals surface area (Å²) in [4.78, 5) is 2.61. The van der Waals surface area contributed by atoms with Gasteiger partial charge in [-0.2, -0.15) is 0 Å². The van der Waals surface area contributed by atoms with Crippen molar-refractivity contribution in [1.29, 1.82) is 0 Å². The molecule has 2 aliphatic carbocycles. The molecule has 1 aliphatic heterocycles. The van der Waals surface area contributed by atoms with Crippen LogP contribution in [0.2, 0.25) is 0 Å². The van der Waals surface area contributed by atoms with Gasteiger partial charge in [-0.05, 0) is 43.9 Å². The van der Waals surface area contributed by atoms with E-state index in [1.807, 2.05) is 0 Å². The molecule has 0 bridgehead atoms. The second kappa shape index (κ2) is 6.76. The van der Waals surface area contributed by atoms with Crippen LogP contribution in [-0.4, -0.2) is 43.3 Å². The molecule has 3 aliphatic rings. The summed E-state index contributed by atoms with van der Waals surface area (Å²) in [7, 11) is 0. The SMILES string of the molecule is NC1CCC(OCCN2CC3(CCCCCC3)C2)CC1. The fourth-order valence-corrected chi connectivity index (χ4v) is 4.46. The van der Waals surface area contributed by atoms with Crippen molar-refractivity contribution in [2.45, 2.75) is 76.4 Å². The Morgan fingerprint density at radius 2 is 1.60 bits per heavy atom. The number of hydrogen-bond acceptors (Lipinski definition) is 3. The van der Waals surface area contributed by atoms with E-state index in [2.05, 4.69) is 4.90 Å². The molecule has 3 heteroatoms. The van der Waals surface area contributed by atoms with Gasteiger partial charge < -0.3 is 10.5 Å². The van der Waals surface area contributed by atoms with Gasteiger partial charge in [-0.25, -0.2) is 0 Å². The average Bonchev–Trinajstić information content (AvgIpc) is 2.66. The Bertz CT molecular complexity index is 283. The Hall–Kier alpha value is -0.120. The van der Waals surface area contributed by atoms with Gasteiger partial charge in [0.1, 0.15) is 0 Å². The maximum atomic E-state index is 6.04. The van der Waals surface area contributed by atoms with Gasteiger partial charge in [0, 0.05) is 25.7 Å². The van der Waals surface area contributed by atoms with Crippen LogP contribution < -0.4 is 5.73 Å². The zero-order valence-electron chi connectivity index (χ0n) is 13.0. The molecule has 0 unspecified atom stereocenters. The van der Waals surface area contributed by atoms with E-state index in [0.717, 1.165) is 26.0 Å². The van der Waals surface area contributed by atoms with E-state index in [4.69, 9.17) is 10.5 Å². The molecule has 0 aromatic heterocycles. The second-order valence-electron chi connectivity index (χ2n) is 7.53. The molecule has 0 amide bonds. The first-order valence-electron chi connectivity index (χ1n) is 8.85. The van der Waals surface area contributed by atoms with E-state index in [1.54, 1.807) is 0 Å². The number of hydrogen-bond donors (Lipinski definition) is 1. The second-order valence-corrected chi connectivity index (χ2v) is 7.53. The van der Waals surface area contributed by atoms with Gasteiger partial charge in [0.2, 0.25) is 0 Å². The van der Waals surface area contributed by atoms with Crippen molar-refractivity contribution in [2.24, 2.45) is 11.1 Å². The first-order chi connectivity index (χ1) is 9.76. The van der Waals surface area contributed by atoms with Crippen molar-refractivity contribution in [1.82, 2.24) is 4.90 Å². The third-order valence-corrected chi connectivity index (χ3v) is 5.76. The van der Waals surface area contributed by atoms with Gasteiger partial charge in [-0.15, -0.1) is 0 Å². The molecule has 0 atom stereocenters. The highest BCUT2D eigenvalue weighted by atomic mass is 16.5. The normalized spacial score (nSPS) is 34.6. The Morgan fingerprint density at radius 3 is 2.25 bits per heavy atom. The van der Waals surface area contributed by atoms with Crippen molar-refractivity contribution in [3.8, 4) is 0 Å². The number of nitrogens with two attached hydrogens (primary N) is 1. The molecule has 1 saturated heterocycles. The molecular weight excluding hydrogens is 248 g/mol. The van der Waals surface area contributed by atoms with Gasteiger partial charge in [0.15, 0.2) is 0 Å². The van der Waals surface area contributed by atoms with Crippen LogP contribution in [0.3, 0.4) is 0 Å². The summed E-state index contributed by atoms with van der Waals surface area (Å²) in [5.41, 5.74) is 6.64. The minimum Gasteiger partial charge on any atom is -0.377 e. The molecule has 1 heterocycles. The highest BCUT2D eigenvalue weighted by Gasteiger charge is 2.41. The quantitative estimate of drug-likeness (QED) is 0.860. The Balaban J connectivity index is 1.29. The van der Waals surface area contributed by atoms with Crippen molar-refractivity contribution in [3.05, 3.63) is 0 Å². The zero-order chi connectivity index (χ0) is 13.8. The van der Waals surface area contributed by atoms with E-state index in [1.165, 1.54) is 64.5 Å². The summed E-state index contributed by atoms with van der Waals surface area (Å²) < 4.78 is 6.04. The van der Waals surface area contributed by atoms with Gasteiger partial charge in [0.05, 0.1) is 12.7 Å². The van der Waals surface area contributed by atoms with Crippen molar-refractivity contribution < 1.29 is 4.74 Å². The fraction of sp³-hybridized carbons (Fsp3) is 1.00. The molecule has 3 rings (SSSR count). The third kappa shape index (κ3) is 3.75. The predicted molar refractivity (Wildman–Crippen MR) is 82.8 cm³/mol. The predicted octanol–water partition coefficient (Wildman–Crippen LogP) is 2.93. The van der Waals surface area contributed by atoms with Crippen LogP contribution in [-0.2, 0) is 4.74 Å². The first-order valence-corrected chi connectivity index (χ1v) is 8.85. The minimum absolute atomic E-state index is 0.431. The Labute approximate surface area is 124 Å². The van der Waals surface area contributed by atoms with Crippen LogP contribution in [0, 0.1) is 5.41 Å². The lowest BCUT2D eigenvalue weighted by atomic mass is 9.73. The molecule has 3 fully saturated rings. The molecule has 0 radical (unpaired) electrons. The summed E-state index contributed by atoms with van der Waals surface area (Å²) in [6.45, 7) is 4.75. The molecule has 2 N–H and O–H groups in total. The van der Waals surface area contributed by atoms with Crippen LogP contribution in [0.15, 0.2) is 0 Å². The summed E-state index contributed by atoms with van der Waals surface area (Å²) >= 11 is 0. The van der Waals surface area contributed by atoms with E-state index in [0.29, 0.717) is 17.6 Å². The molecule has 1 spiro atoms. The number of nitrogens with zero attached hydrogens (tertiary/aromatic N) is 1. The number of ether oxygens (including phenoxy) is 1. The van der Waals surface area contributed by atoms with Crippen LogP contribution in [0.25, 0.3) is 0 Å². The van der Waals surface area contributed by atoms with Crippen LogP contribution in [0.5, 0.6) is 0 Å². The molecule has 2 saturated carbocycles. The summed E-state index contributed by atoms with van der Waals surface area (Å²) in [6.07, 6.45) is 14.0. The van der Waals surface area contributed by atoms with Crippen molar-refractivity contribution in [2.75, 3.05) is 26.2 Å². The van der Waals surface area contributed by atoms with Gasteiger partial charge in [-0.1, -0.05) is 25.7 Å². The van der Waals surface area contributed by atoms with Crippen molar-refractivity contribution >= 4 is 0 Å². The highest BCUT2D eigenvalue weighted by Crippen LogP contribution is 2.42. The zero-order valence-corrected chi connectivity index (χ0v) is 13.0. The largest absolute Gasteiger partial charge is 0.377 e. The summed E-state index contributed by atoms with van der Waals surface area (Å²) in [5.74, 6) is 0. The smallest absolute Gasteiger partial charge is 0.0597 e. The highest BCUT2D eigenvalue weighted by molar-refractivity contribution is 4.95. The minimum atomic E-state index is 0.431. The number of likely N-dealkylation sites (tertiary alicyclic amines) is 1. The van der Waals surface area contributed by atoms with Crippen LogP contribution in [0.1, 0.15) is 64.2 Å². The van der Waals surface area contributed by atoms with Gasteiger partial charge in [-0.3, -0.25) is 4.90 Å². The van der Waals surface area contributed by atoms with E-state index >= 15 is 0 Å². The van der Waals surface area contributed by atoms with Crippen molar-refractivity contribution in [3.63, 3.8) is 0 Å². The third-order valence-electron chi connectivity index (χ3n) is 5.76. The molecule has 0 aromatic carbocycles. The molecule has 0 aromatic rings. The molecule has 3 nitrogen and oxygen atoms in total. The average molecular weight is 280 g/mol. The molecule has 116 valence electrons. The lowest BCUT2D eigenvalue weighted by molar-refractivity contribution is -0.0458.